The standard InChI is InChI=1S/C14H29NO2/c1-8-10(2)11(15)12(16)17-14(6,7)9-13(3,4)5/h10-11H,8-9,15H2,1-7H3. The molecule has 0 saturated heterocycles. The van der Waals surface area contributed by atoms with Crippen LogP contribution in [0.4, 0.5) is 0 Å². The van der Waals surface area contributed by atoms with Crippen molar-refractivity contribution in [2.75, 3.05) is 0 Å². The van der Waals surface area contributed by atoms with Gasteiger partial charge in [0.1, 0.15) is 11.6 Å². The molecule has 102 valence electrons. The van der Waals surface area contributed by atoms with Crippen LogP contribution in [0.2, 0.25) is 0 Å². The number of carbonyl (C=O) groups is 1. The Balaban J connectivity index is 4.46. The van der Waals surface area contributed by atoms with Gasteiger partial charge in [-0.1, -0.05) is 41.0 Å². The van der Waals surface area contributed by atoms with Crippen molar-refractivity contribution in [2.45, 2.75) is 73.0 Å². The van der Waals surface area contributed by atoms with Crippen LogP contribution in [0.15, 0.2) is 0 Å². The van der Waals surface area contributed by atoms with Crippen LogP contribution in [0, 0.1) is 11.3 Å². The highest BCUT2D eigenvalue weighted by molar-refractivity contribution is 5.76. The first-order valence-electron chi connectivity index (χ1n) is 6.47. The molecular formula is C14H29NO2. The van der Waals surface area contributed by atoms with Gasteiger partial charge in [0.05, 0.1) is 0 Å². The van der Waals surface area contributed by atoms with Gasteiger partial charge in [0.2, 0.25) is 0 Å². The molecule has 2 N–H and O–H groups in total. The maximum atomic E-state index is 11.9. The Bertz CT molecular complexity index is 253. The van der Waals surface area contributed by atoms with Crippen LogP contribution in [0.25, 0.3) is 0 Å². The van der Waals surface area contributed by atoms with E-state index in [4.69, 9.17) is 10.5 Å². The zero-order chi connectivity index (χ0) is 13.9. The summed E-state index contributed by atoms with van der Waals surface area (Å²) in [6.07, 6.45) is 1.70. The van der Waals surface area contributed by atoms with E-state index in [0.29, 0.717) is 0 Å². The average Bonchev–Trinajstić information content (AvgIpc) is 2.10. The number of hydrogen-bond donors (Lipinski definition) is 1. The summed E-state index contributed by atoms with van der Waals surface area (Å²) >= 11 is 0. The van der Waals surface area contributed by atoms with Crippen molar-refractivity contribution >= 4 is 5.97 Å². The lowest BCUT2D eigenvalue weighted by Crippen LogP contribution is -2.43. The zero-order valence-corrected chi connectivity index (χ0v) is 12.5. The highest BCUT2D eigenvalue weighted by atomic mass is 16.6. The summed E-state index contributed by atoms with van der Waals surface area (Å²) in [6, 6.07) is -0.515. The van der Waals surface area contributed by atoms with E-state index in [1.54, 1.807) is 0 Å². The maximum Gasteiger partial charge on any atom is 0.323 e. The summed E-state index contributed by atoms with van der Waals surface area (Å²) in [5.41, 5.74) is 5.54. The van der Waals surface area contributed by atoms with Crippen LogP contribution in [-0.4, -0.2) is 17.6 Å². The van der Waals surface area contributed by atoms with E-state index in [2.05, 4.69) is 20.8 Å². The number of carbonyl (C=O) groups excluding carboxylic acids is 1. The molecule has 0 heterocycles. The lowest BCUT2D eigenvalue weighted by atomic mass is 9.83. The third kappa shape index (κ3) is 6.67. The Morgan fingerprint density at radius 3 is 2.06 bits per heavy atom. The van der Waals surface area contributed by atoms with Crippen LogP contribution in [0.3, 0.4) is 0 Å². The number of esters is 1. The second-order valence-electron chi connectivity index (χ2n) is 6.83. The second kappa shape index (κ2) is 5.85. The van der Waals surface area contributed by atoms with Crippen LogP contribution >= 0.6 is 0 Å². The number of rotatable bonds is 5. The van der Waals surface area contributed by atoms with Gasteiger partial charge in [-0.15, -0.1) is 0 Å². The van der Waals surface area contributed by atoms with Gasteiger partial charge in [-0.2, -0.15) is 0 Å². The molecule has 0 amide bonds. The van der Waals surface area contributed by atoms with Gasteiger partial charge in [0.15, 0.2) is 0 Å². The quantitative estimate of drug-likeness (QED) is 0.755. The minimum absolute atomic E-state index is 0.129. The summed E-state index contributed by atoms with van der Waals surface area (Å²) in [7, 11) is 0. The zero-order valence-electron chi connectivity index (χ0n) is 12.5. The molecule has 0 aromatic rings. The first-order chi connectivity index (χ1) is 7.48. The highest BCUT2D eigenvalue weighted by Crippen LogP contribution is 2.29. The molecule has 0 spiro atoms. The van der Waals surface area contributed by atoms with Crippen molar-refractivity contribution in [1.29, 1.82) is 0 Å². The Labute approximate surface area is 106 Å². The highest BCUT2D eigenvalue weighted by Gasteiger charge is 2.32. The predicted molar refractivity (Wildman–Crippen MR) is 71.7 cm³/mol. The van der Waals surface area contributed by atoms with E-state index >= 15 is 0 Å². The molecule has 2 atom stereocenters. The van der Waals surface area contributed by atoms with Crippen LogP contribution < -0.4 is 5.73 Å². The van der Waals surface area contributed by atoms with E-state index in [1.165, 1.54) is 0 Å². The van der Waals surface area contributed by atoms with Gasteiger partial charge in [0.25, 0.3) is 0 Å². The predicted octanol–water partition coefficient (Wildman–Crippen LogP) is 3.12. The SMILES string of the molecule is CCC(C)C(N)C(=O)OC(C)(C)CC(C)(C)C. The van der Waals surface area contributed by atoms with Crippen LogP contribution in [-0.2, 0) is 9.53 Å². The Morgan fingerprint density at radius 2 is 1.71 bits per heavy atom. The molecule has 0 radical (unpaired) electrons. The van der Waals surface area contributed by atoms with Crippen LogP contribution in [0.1, 0.15) is 61.3 Å². The molecule has 0 bridgehead atoms. The lowest BCUT2D eigenvalue weighted by molar-refractivity contribution is -0.161. The summed E-state index contributed by atoms with van der Waals surface area (Å²) < 4.78 is 5.53. The molecule has 2 unspecified atom stereocenters. The Kier molecular flexibility index (Phi) is 5.66. The third-order valence-corrected chi connectivity index (χ3v) is 2.86. The molecule has 3 heteroatoms. The fraction of sp³-hybridized carbons (Fsp3) is 0.929. The van der Waals surface area contributed by atoms with E-state index < -0.39 is 11.6 Å². The van der Waals surface area contributed by atoms with Gasteiger partial charge in [-0.05, 0) is 31.6 Å². The molecule has 0 aliphatic carbocycles. The third-order valence-electron chi connectivity index (χ3n) is 2.86. The van der Waals surface area contributed by atoms with Crippen molar-refractivity contribution in [3.63, 3.8) is 0 Å². The maximum absolute atomic E-state index is 11.9. The summed E-state index contributed by atoms with van der Waals surface area (Å²) in [5, 5.41) is 0. The van der Waals surface area contributed by atoms with Crippen molar-refractivity contribution < 1.29 is 9.53 Å². The smallest absolute Gasteiger partial charge is 0.323 e. The van der Waals surface area contributed by atoms with Crippen molar-refractivity contribution in [3.8, 4) is 0 Å². The Morgan fingerprint density at radius 1 is 1.24 bits per heavy atom. The molecule has 0 rings (SSSR count). The summed E-state index contributed by atoms with van der Waals surface area (Å²) in [6.45, 7) is 14.3. The summed E-state index contributed by atoms with van der Waals surface area (Å²) in [4.78, 5) is 11.9. The molecule has 0 fully saturated rings. The van der Waals surface area contributed by atoms with Gasteiger partial charge in [-0.3, -0.25) is 4.79 Å². The molecule has 0 aromatic heterocycles. The van der Waals surface area contributed by atoms with Crippen molar-refractivity contribution in [3.05, 3.63) is 0 Å². The molecule has 0 aromatic carbocycles. The molecule has 0 aliphatic heterocycles. The monoisotopic (exact) mass is 243 g/mol. The fourth-order valence-electron chi connectivity index (χ4n) is 2.14. The Hall–Kier alpha value is -0.570. The summed E-state index contributed by atoms with van der Waals surface area (Å²) in [5.74, 6) is -0.124. The van der Waals surface area contributed by atoms with Crippen molar-refractivity contribution in [2.24, 2.45) is 17.1 Å². The van der Waals surface area contributed by atoms with E-state index in [0.717, 1.165) is 12.8 Å². The van der Waals surface area contributed by atoms with Crippen LogP contribution in [0.5, 0.6) is 0 Å². The molecule has 3 nitrogen and oxygen atoms in total. The average molecular weight is 243 g/mol. The number of nitrogens with two attached hydrogens (primary N) is 1. The first-order valence-corrected chi connectivity index (χ1v) is 6.47. The molecule has 17 heavy (non-hydrogen) atoms. The molecular weight excluding hydrogens is 214 g/mol. The molecule has 0 saturated carbocycles. The minimum Gasteiger partial charge on any atom is -0.458 e. The van der Waals surface area contributed by atoms with E-state index in [1.807, 2.05) is 27.7 Å². The van der Waals surface area contributed by atoms with E-state index in [9.17, 15) is 4.79 Å². The largest absolute Gasteiger partial charge is 0.458 e. The minimum atomic E-state index is -0.515. The molecule has 0 aliphatic rings. The van der Waals surface area contributed by atoms with Gasteiger partial charge < -0.3 is 10.5 Å². The van der Waals surface area contributed by atoms with Gasteiger partial charge >= 0.3 is 5.97 Å². The van der Waals surface area contributed by atoms with E-state index in [-0.39, 0.29) is 17.3 Å². The number of ether oxygens (including phenoxy) is 1. The van der Waals surface area contributed by atoms with Crippen molar-refractivity contribution in [1.82, 2.24) is 0 Å². The number of hydrogen-bond acceptors (Lipinski definition) is 3. The fourth-order valence-corrected chi connectivity index (χ4v) is 2.14. The lowest BCUT2D eigenvalue weighted by Gasteiger charge is -2.33. The second-order valence-corrected chi connectivity index (χ2v) is 6.83. The normalized spacial score (nSPS) is 16.5. The topological polar surface area (TPSA) is 52.3 Å². The first kappa shape index (κ1) is 16.4. The van der Waals surface area contributed by atoms with Gasteiger partial charge in [0, 0.05) is 0 Å². The van der Waals surface area contributed by atoms with Gasteiger partial charge in [-0.25, -0.2) is 0 Å².